The van der Waals surface area contributed by atoms with E-state index in [9.17, 15) is 9.90 Å². The van der Waals surface area contributed by atoms with Crippen molar-refractivity contribution in [2.45, 2.75) is 71.2 Å². The summed E-state index contributed by atoms with van der Waals surface area (Å²) in [6.07, 6.45) is 0.394. The Labute approximate surface area is 139 Å². The second-order valence-corrected chi connectivity index (χ2v) is 8.13. The van der Waals surface area contributed by atoms with Gasteiger partial charge in [0.1, 0.15) is 5.60 Å². The first-order chi connectivity index (χ1) is 10.5. The van der Waals surface area contributed by atoms with E-state index in [1.165, 1.54) is 0 Å². The molecular weight excluding hydrogens is 290 g/mol. The number of nitrogens with zero attached hydrogens (tertiary/aromatic N) is 1. The van der Waals surface area contributed by atoms with E-state index in [0.29, 0.717) is 0 Å². The molecule has 128 valence electrons. The van der Waals surface area contributed by atoms with Crippen molar-refractivity contribution in [1.82, 2.24) is 4.90 Å². The van der Waals surface area contributed by atoms with Crippen LogP contribution < -0.4 is 0 Å². The molecule has 1 fully saturated rings. The van der Waals surface area contributed by atoms with Gasteiger partial charge in [-0.15, -0.1) is 0 Å². The van der Waals surface area contributed by atoms with E-state index >= 15 is 0 Å². The van der Waals surface area contributed by atoms with Crippen LogP contribution in [0.2, 0.25) is 0 Å². The Hall–Kier alpha value is -1.55. The number of carbonyl (C=O) groups is 1. The predicted molar refractivity (Wildman–Crippen MR) is 91.1 cm³/mol. The van der Waals surface area contributed by atoms with Gasteiger partial charge in [-0.2, -0.15) is 0 Å². The third-order valence-corrected chi connectivity index (χ3v) is 4.33. The van der Waals surface area contributed by atoms with Crippen LogP contribution in [0.5, 0.6) is 0 Å². The third kappa shape index (κ3) is 4.05. The zero-order valence-electron chi connectivity index (χ0n) is 15.0. The van der Waals surface area contributed by atoms with Gasteiger partial charge in [-0.1, -0.05) is 37.3 Å². The van der Waals surface area contributed by atoms with Gasteiger partial charge < -0.3 is 9.84 Å². The van der Waals surface area contributed by atoms with Crippen LogP contribution in [-0.2, 0) is 4.74 Å². The molecule has 1 saturated heterocycles. The van der Waals surface area contributed by atoms with Crippen LogP contribution in [0, 0.1) is 5.92 Å². The molecule has 2 rings (SSSR count). The zero-order chi connectivity index (χ0) is 17.4. The van der Waals surface area contributed by atoms with Crippen LogP contribution in [0.25, 0.3) is 0 Å². The quantitative estimate of drug-likeness (QED) is 0.891. The molecule has 0 unspecified atom stereocenters. The molecule has 0 aliphatic carbocycles. The summed E-state index contributed by atoms with van der Waals surface area (Å²) in [5.74, 6) is 0.251. The van der Waals surface area contributed by atoms with Crippen molar-refractivity contribution >= 4 is 6.09 Å². The van der Waals surface area contributed by atoms with Crippen molar-refractivity contribution in [3.05, 3.63) is 35.9 Å². The molecule has 3 atom stereocenters. The van der Waals surface area contributed by atoms with Crippen LogP contribution in [0.3, 0.4) is 0 Å². The first-order valence-electron chi connectivity index (χ1n) is 8.29. The molecule has 1 amide bonds. The highest BCUT2D eigenvalue weighted by Gasteiger charge is 2.49. The molecular formula is C19H29NO3. The van der Waals surface area contributed by atoms with Crippen molar-refractivity contribution < 1.29 is 14.6 Å². The number of carbonyl (C=O) groups excluding carboxylic acids is 1. The lowest BCUT2D eigenvalue weighted by atomic mass is 9.92. The summed E-state index contributed by atoms with van der Waals surface area (Å²) in [5, 5.41) is 10.6. The lowest BCUT2D eigenvalue weighted by Crippen LogP contribution is -2.50. The smallest absolute Gasteiger partial charge is 0.411 e. The highest BCUT2D eigenvalue weighted by atomic mass is 16.6. The van der Waals surface area contributed by atoms with Gasteiger partial charge in [0.25, 0.3) is 0 Å². The molecule has 23 heavy (non-hydrogen) atoms. The van der Waals surface area contributed by atoms with Crippen LogP contribution in [0.15, 0.2) is 30.3 Å². The number of ether oxygens (including phenoxy) is 1. The Kier molecular flexibility index (Phi) is 4.76. The molecule has 0 bridgehead atoms. The van der Waals surface area contributed by atoms with Crippen LogP contribution >= 0.6 is 0 Å². The molecule has 0 aromatic heterocycles. The maximum absolute atomic E-state index is 12.8. The van der Waals surface area contributed by atoms with E-state index in [1.54, 1.807) is 18.7 Å². The minimum Gasteiger partial charge on any atom is -0.444 e. The van der Waals surface area contributed by atoms with Crippen molar-refractivity contribution in [3.8, 4) is 0 Å². The van der Waals surface area contributed by atoms with Gasteiger partial charge in [0.15, 0.2) is 0 Å². The first kappa shape index (κ1) is 17.8. The average molecular weight is 319 g/mol. The molecule has 4 nitrogen and oxygen atoms in total. The lowest BCUT2D eigenvalue weighted by Gasteiger charge is -2.38. The van der Waals surface area contributed by atoms with E-state index in [1.807, 2.05) is 51.1 Å². The lowest BCUT2D eigenvalue weighted by molar-refractivity contribution is -0.0333. The maximum atomic E-state index is 12.8. The SMILES string of the molecule is C[C@@H]1C[C@H](C(C)(C)O)N(C(=O)OC(C)(C)C)[C@@H]1c1ccccc1. The van der Waals surface area contributed by atoms with Gasteiger partial charge in [0.2, 0.25) is 0 Å². The van der Waals surface area contributed by atoms with E-state index in [-0.39, 0.29) is 24.1 Å². The summed E-state index contributed by atoms with van der Waals surface area (Å²) in [4.78, 5) is 14.6. The maximum Gasteiger partial charge on any atom is 0.411 e. The largest absolute Gasteiger partial charge is 0.444 e. The summed E-state index contributed by atoms with van der Waals surface area (Å²) in [6.45, 7) is 11.2. The zero-order valence-corrected chi connectivity index (χ0v) is 15.0. The minimum atomic E-state index is -0.977. The van der Waals surface area contributed by atoms with Gasteiger partial charge in [-0.3, -0.25) is 4.90 Å². The Bertz CT molecular complexity index is 542. The Morgan fingerprint density at radius 1 is 1.17 bits per heavy atom. The standard InChI is InChI=1S/C19H29NO3/c1-13-12-15(19(5,6)22)20(17(21)23-18(2,3)4)16(13)14-10-8-7-9-11-14/h7-11,13,15-16,22H,12H2,1-6H3/t13-,15-,16+/m1/s1. The van der Waals surface area contributed by atoms with Crippen LogP contribution in [0.1, 0.15) is 59.6 Å². The fourth-order valence-electron chi connectivity index (χ4n) is 3.39. The molecule has 1 heterocycles. The monoisotopic (exact) mass is 319 g/mol. The van der Waals surface area contributed by atoms with Gasteiger partial charge >= 0.3 is 6.09 Å². The van der Waals surface area contributed by atoms with Crippen LogP contribution in [-0.4, -0.2) is 33.3 Å². The predicted octanol–water partition coefficient (Wildman–Crippen LogP) is 4.14. The average Bonchev–Trinajstić information content (AvgIpc) is 2.75. The molecule has 0 saturated carbocycles. The van der Waals surface area contributed by atoms with Gasteiger partial charge in [-0.05, 0) is 52.5 Å². The second-order valence-electron chi connectivity index (χ2n) is 8.13. The summed E-state index contributed by atoms with van der Waals surface area (Å²) in [5.41, 5.74) is -0.458. The first-order valence-corrected chi connectivity index (χ1v) is 8.29. The number of hydrogen-bond acceptors (Lipinski definition) is 3. The van der Waals surface area contributed by atoms with E-state index < -0.39 is 11.2 Å². The number of aliphatic hydroxyl groups is 1. The number of rotatable bonds is 2. The van der Waals surface area contributed by atoms with Gasteiger partial charge in [0.05, 0.1) is 17.7 Å². The molecule has 1 N–H and O–H groups in total. The molecule has 1 aromatic rings. The van der Waals surface area contributed by atoms with Crippen LogP contribution in [0.4, 0.5) is 4.79 Å². The third-order valence-electron chi connectivity index (χ3n) is 4.33. The molecule has 1 aliphatic heterocycles. The normalized spacial score (nSPS) is 25.5. The summed E-state index contributed by atoms with van der Waals surface area (Å²) in [7, 11) is 0. The summed E-state index contributed by atoms with van der Waals surface area (Å²) >= 11 is 0. The highest BCUT2D eigenvalue weighted by molar-refractivity contribution is 5.70. The number of hydrogen-bond donors (Lipinski definition) is 1. The van der Waals surface area contributed by atoms with E-state index in [0.717, 1.165) is 12.0 Å². The molecule has 0 spiro atoms. The molecule has 1 aromatic carbocycles. The Morgan fingerprint density at radius 3 is 2.22 bits per heavy atom. The van der Waals surface area contributed by atoms with Crippen molar-refractivity contribution in [2.24, 2.45) is 5.92 Å². The van der Waals surface area contributed by atoms with Crippen molar-refractivity contribution in [2.75, 3.05) is 0 Å². The van der Waals surface area contributed by atoms with Gasteiger partial charge in [-0.25, -0.2) is 4.79 Å². The highest BCUT2D eigenvalue weighted by Crippen LogP contribution is 2.44. The topological polar surface area (TPSA) is 49.8 Å². The Balaban J connectivity index is 2.41. The summed E-state index contributed by atoms with van der Waals surface area (Å²) < 4.78 is 5.62. The van der Waals surface area contributed by atoms with E-state index in [2.05, 4.69) is 6.92 Å². The molecule has 4 heteroatoms. The fourth-order valence-corrected chi connectivity index (χ4v) is 3.39. The number of amides is 1. The number of benzene rings is 1. The van der Waals surface area contributed by atoms with E-state index in [4.69, 9.17) is 4.74 Å². The Morgan fingerprint density at radius 2 is 1.74 bits per heavy atom. The fraction of sp³-hybridized carbons (Fsp3) is 0.632. The van der Waals surface area contributed by atoms with Crippen molar-refractivity contribution in [3.63, 3.8) is 0 Å². The second kappa shape index (κ2) is 6.16. The van der Waals surface area contributed by atoms with Gasteiger partial charge in [0, 0.05) is 0 Å². The minimum absolute atomic E-state index is 0.0810. The molecule has 0 radical (unpaired) electrons. The summed E-state index contributed by atoms with van der Waals surface area (Å²) in [6, 6.07) is 9.64. The molecule has 1 aliphatic rings. The van der Waals surface area contributed by atoms with Crippen molar-refractivity contribution in [1.29, 1.82) is 0 Å². The number of likely N-dealkylation sites (tertiary alicyclic amines) is 1.